The lowest BCUT2D eigenvalue weighted by atomic mass is 10.1. The largest absolute Gasteiger partial charge is 0.326 e. The summed E-state index contributed by atoms with van der Waals surface area (Å²) in [7, 11) is 1.64. The van der Waals surface area contributed by atoms with E-state index >= 15 is 0 Å². The van der Waals surface area contributed by atoms with E-state index in [1.807, 2.05) is 25.1 Å². The summed E-state index contributed by atoms with van der Waals surface area (Å²) >= 11 is 3.38. The van der Waals surface area contributed by atoms with Crippen LogP contribution in [0.15, 0.2) is 22.7 Å². The van der Waals surface area contributed by atoms with Gasteiger partial charge in [0, 0.05) is 17.1 Å². The highest BCUT2D eigenvalue weighted by Crippen LogP contribution is 2.20. The summed E-state index contributed by atoms with van der Waals surface area (Å²) in [6.07, 6.45) is 0. The fourth-order valence-corrected chi connectivity index (χ4v) is 1.66. The maximum absolute atomic E-state index is 12.1. The van der Waals surface area contributed by atoms with Gasteiger partial charge >= 0.3 is 0 Å². The second-order valence-electron chi connectivity index (χ2n) is 3.63. The van der Waals surface area contributed by atoms with E-state index < -0.39 is 6.04 Å². The van der Waals surface area contributed by atoms with Crippen LogP contribution in [0.2, 0.25) is 0 Å². The van der Waals surface area contributed by atoms with Gasteiger partial charge in [-0.2, -0.15) is 5.26 Å². The predicted molar refractivity (Wildman–Crippen MR) is 66.0 cm³/mol. The number of hydrogen-bond donors (Lipinski definition) is 0. The molecule has 1 aromatic rings. The molecular weight excluding hydrogens is 268 g/mol. The van der Waals surface area contributed by atoms with Gasteiger partial charge in [0.25, 0.3) is 5.91 Å². The summed E-state index contributed by atoms with van der Waals surface area (Å²) in [5.41, 5.74) is 1.52. The first-order valence-corrected chi connectivity index (χ1v) is 5.70. The van der Waals surface area contributed by atoms with Crippen molar-refractivity contribution >= 4 is 21.8 Å². The summed E-state index contributed by atoms with van der Waals surface area (Å²) in [5, 5.41) is 8.77. The van der Waals surface area contributed by atoms with Crippen molar-refractivity contribution in [3.05, 3.63) is 33.8 Å². The van der Waals surface area contributed by atoms with Crippen LogP contribution < -0.4 is 0 Å². The van der Waals surface area contributed by atoms with Crippen molar-refractivity contribution in [2.45, 2.75) is 19.9 Å². The normalized spacial score (nSPS) is 11.7. The van der Waals surface area contributed by atoms with Gasteiger partial charge in [0.2, 0.25) is 0 Å². The number of amides is 1. The molecule has 1 unspecified atom stereocenters. The molecule has 0 aromatic heterocycles. The molecule has 1 rings (SSSR count). The van der Waals surface area contributed by atoms with E-state index in [4.69, 9.17) is 5.26 Å². The molecule has 1 atom stereocenters. The average molecular weight is 281 g/mol. The van der Waals surface area contributed by atoms with Crippen molar-refractivity contribution in [1.29, 1.82) is 5.26 Å². The van der Waals surface area contributed by atoms with Gasteiger partial charge < -0.3 is 4.90 Å². The zero-order valence-electron chi connectivity index (χ0n) is 9.49. The van der Waals surface area contributed by atoms with Crippen molar-refractivity contribution < 1.29 is 4.79 Å². The lowest BCUT2D eigenvalue weighted by Gasteiger charge is -2.20. The van der Waals surface area contributed by atoms with Crippen LogP contribution >= 0.6 is 15.9 Å². The van der Waals surface area contributed by atoms with Crippen LogP contribution in [0.4, 0.5) is 0 Å². The van der Waals surface area contributed by atoms with E-state index in [2.05, 4.69) is 15.9 Å². The number of carbonyl (C=O) groups excluding carboxylic acids is 1. The van der Waals surface area contributed by atoms with Gasteiger partial charge in [-0.1, -0.05) is 22.0 Å². The van der Waals surface area contributed by atoms with Crippen LogP contribution in [0.1, 0.15) is 22.8 Å². The van der Waals surface area contributed by atoms with Crippen LogP contribution in [0.25, 0.3) is 0 Å². The van der Waals surface area contributed by atoms with Crippen molar-refractivity contribution in [3.63, 3.8) is 0 Å². The summed E-state index contributed by atoms with van der Waals surface area (Å²) < 4.78 is 0.899. The molecule has 0 fully saturated rings. The maximum atomic E-state index is 12.1. The minimum absolute atomic E-state index is 0.132. The minimum Gasteiger partial charge on any atom is -0.326 e. The molecule has 0 bridgehead atoms. The van der Waals surface area contributed by atoms with Crippen LogP contribution in [0.5, 0.6) is 0 Å². The molecule has 16 heavy (non-hydrogen) atoms. The molecule has 0 spiro atoms. The fraction of sp³-hybridized carbons (Fsp3) is 0.333. The molecule has 0 aliphatic rings. The number of rotatable bonds is 2. The molecule has 1 aromatic carbocycles. The average Bonchev–Trinajstić information content (AvgIpc) is 2.29. The first-order valence-electron chi connectivity index (χ1n) is 4.91. The Balaban J connectivity index is 3.07. The number of hydrogen-bond acceptors (Lipinski definition) is 2. The van der Waals surface area contributed by atoms with Crippen LogP contribution in [-0.2, 0) is 0 Å². The second-order valence-corrected chi connectivity index (χ2v) is 4.49. The Bertz CT molecular complexity index is 451. The number of nitriles is 1. The standard InChI is InChI=1S/C12H13BrN2O/c1-8(7-14)15(3)12(16)10-5-4-6-11(13)9(10)2/h4-6,8H,1-3H3. The van der Waals surface area contributed by atoms with E-state index in [0.29, 0.717) is 5.56 Å². The summed E-state index contributed by atoms with van der Waals surface area (Å²) in [5.74, 6) is -0.132. The Labute approximate surface area is 104 Å². The third-order valence-corrected chi connectivity index (χ3v) is 3.45. The molecule has 0 heterocycles. The molecule has 3 nitrogen and oxygen atoms in total. The van der Waals surface area contributed by atoms with E-state index in [-0.39, 0.29) is 5.91 Å². The van der Waals surface area contributed by atoms with Gasteiger partial charge in [-0.25, -0.2) is 0 Å². The molecule has 0 aliphatic heterocycles. The van der Waals surface area contributed by atoms with Gasteiger partial charge in [0.05, 0.1) is 6.07 Å². The molecule has 1 amide bonds. The Morgan fingerprint density at radius 1 is 1.56 bits per heavy atom. The molecule has 84 valence electrons. The lowest BCUT2D eigenvalue weighted by Crippen LogP contribution is -2.34. The Kier molecular flexibility index (Phi) is 4.08. The van der Waals surface area contributed by atoms with Gasteiger partial charge in [0.1, 0.15) is 6.04 Å². The SMILES string of the molecule is Cc1c(Br)cccc1C(=O)N(C)C(C)C#N. The fourth-order valence-electron chi connectivity index (χ4n) is 1.29. The van der Waals surface area contributed by atoms with E-state index in [0.717, 1.165) is 10.0 Å². The van der Waals surface area contributed by atoms with Crippen LogP contribution in [0.3, 0.4) is 0 Å². The predicted octanol–water partition coefficient (Wildman–Crippen LogP) is 2.74. The van der Waals surface area contributed by atoms with E-state index in [1.165, 1.54) is 4.90 Å². The summed E-state index contributed by atoms with van der Waals surface area (Å²) in [4.78, 5) is 13.5. The molecule has 0 aliphatic carbocycles. The van der Waals surface area contributed by atoms with Crippen molar-refractivity contribution in [2.24, 2.45) is 0 Å². The zero-order chi connectivity index (χ0) is 12.3. The third kappa shape index (κ3) is 2.42. The molecule has 0 N–H and O–H groups in total. The Morgan fingerprint density at radius 3 is 2.75 bits per heavy atom. The molecule has 0 saturated carbocycles. The van der Waals surface area contributed by atoms with Gasteiger partial charge in [0.15, 0.2) is 0 Å². The highest BCUT2D eigenvalue weighted by atomic mass is 79.9. The van der Waals surface area contributed by atoms with Crippen molar-refractivity contribution in [3.8, 4) is 6.07 Å². The van der Waals surface area contributed by atoms with Gasteiger partial charge in [-0.05, 0) is 31.5 Å². The maximum Gasteiger partial charge on any atom is 0.254 e. The van der Waals surface area contributed by atoms with E-state index in [1.54, 1.807) is 20.0 Å². The molecule has 4 heteroatoms. The number of benzene rings is 1. The molecule has 0 saturated heterocycles. The van der Waals surface area contributed by atoms with Crippen molar-refractivity contribution in [1.82, 2.24) is 4.90 Å². The smallest absolute Gasteiger partial charge is 0.254 e. The minimum atomic E-state index is -0.425. The van der Waals surface area contributed by atoms with Crippen LogP contribution in [-0.4, -0.2) is 23.9 Å². The number of carbonyl (C=O) groups is 1. The van der Waals surface area contributed by atoms with E-state index in [9.17, 15) is 4.79 Å². The summed E-state index contributed by atoms with van der Waals surface area (Å²) in [6.45, 7) is 3.58. The monoisotopic (exact) mass is 280 g/mol. The van der Waals surface area contributed by atoms with Gasteiger partial charge in [-0.15, -0.1) is 0 Å². The Hall–Kier alpha value is -1.34. The highest BCUT2D eigenvalue weighted by molar-refractivity contribution is 9.10. The van der Waals surface area contributed by atoms with Crippen molar-refractivity contribution in [2.75, 3.05) is 7.05 Å². The number of nitrogens with zero attached hydrogens (tertiary/aromatic N) is 2. The first-order chi connectivity index (χ1) is 7.49. The lowest BCUT2D eigenvalue weighted by molar-refractivity contribution is 0.0772. The van der Waals surface area contributed by atoms with Crippen LogP contribution in [0, 0.1) is 18.3 Å². The topological polar surface area (TPSA) is 44.1 Å². The quantitative estimate of drug-likeness (QED) is 0.836. The number of halogens is 1. The third-order valence-electron chi connectivity index (χ3n) is 2.59. The zero-order valence-corrected chi connectivity index (χ0v) is 11.1. The second kappa shape index (κ2) is 5.13. The highest BCUT2D eigenvalue weighted by Gasteiger charge is 2.19. The Morgan fingerprint density at radius 2 is 2.19 bits per heavy atom. The first kappa shape index (κ1) is 12.7. The molecular formula is C12H13BrN2O. The van der Waals surface area contributed by atoms with Gasteiger partial charge in [-0.3, -0.25) is 4.79 Å². The summed E-state index contributed by atoms with van der Waals surface area (Å²) in [6, 6.07) is 7.09. The molecule has 0 radical (unpaired) electrons.